The van der Waals surface area contributed by atoms with E-state index in [2.05, 4.69) is 10.4 Å². The average Bonchev–Trinajstić information content (AvgIpc) is 2.31. The minimum Gasteiger partial charge on any atom is -0.481 e. The van der Waals surface area contributed by atoms with Gasteiger partial charge in [-0.15, -0.1) is 0 Å². The zero-order chi connectivity index (χ0) is 13.9. The van der Waals surface area contributed by atoms with Crippen molar-refractivity contribution in [2.24, 2.45) is 11.0 Å². The summed E-state index contributed by atoms with van der Waals surface area (Å²) in [5, 5.41) is 16.4. The molecule has 0 saturated carbocycles. The Morgan fingerprint density at radius 2 is 2.00 bits per heavy atom. The van der Waals surface area contributed by atoms with Crippen LogP contribution in [0.15, 0.2) is 5.10 Å². The number of hydrazone groups is 1. The molecule has 0 aromatic carbocycles. The Labute approximate surface area is 105 Å². The number of aliphatic carboxylic acids is 1. The number of nitrogens with one attached hydrogen (secondary N) is 1. The zero-order valence-corrected chi connectivity index (χ0v) is 10.6. The lowest BCUT2D eigenvalue weighted by atomic mass is 10.0. The number of carboxylic acid groups (broad SMARTS) is 1. The highest BCUT2D eigenvalue weighted by Crippen LogP contribution is 2.08. The molecule has 0 aromatic heterocycles. The minimum absolute atomic E-state index is 0.140. The van der Waals surface area contributed by atoms with Crippen molar-refractivity contribution in [2.45, 2.75) is 32.7 Å². The van der Waals surface area contributed by atoms with Gasteiger partial charge in [-0.2, -0.15) is 5.10 Å². The summed E-state index contributed by atoms with van der Waals surface area (Å²) in [6.07, 6.45) is 0.523. The third kappa shape index (κ3) is 3.28. The van der Waals surface area contributed by atoms with E-state index in [1.807, 2.05) is 0 Å². The van der Waals surface area contributed by atoms with E-state index in [9.17, 15) is 14.4 Å². The van der Waals surface area contributed by atoms with E-state index < -0.39 is 23.8 Å². The smallest absolute Gasteiger partial charge is 0.308 e. The Morgan fingerprint density at radius 3 is 2.50 bits per heavy atom. The summed E-state index contributed by atoms with van der Waals surface area (Å²) in [7, 11) is 1.48. The standard InChI is InChI=1S/C11H17N3O4/c1-6(11(17)18)7(2)12-10(16)8-4-5-9(15)14(3)13-8/h6-7H,4-5H2,1-3H3,(H,12,16)(H,17,18). The predicted molar refractivity (Wildman–Crippen MR) is 63.8 cm³/mol. The van der Waals surface area contributed by atoms with Crippen LogP contribution in [0.3, 0.4) is 0 Å². The maximum atomic E-state index is 11.8. The van der Waals surface area contributed by atoms with Crippen LogP contribution in [0.4, 0.5) is 0 Å². The largest absolute Gasteiger partial charge is 0.481 e. The van der Waals surface area contributed by atoms with Crippen LogP contribution < -0.4 is 5.32 Å². The van der Waals surface area contributed by atoms with Gasteiger partial charge in [0.05, 0.1) is 5.92 Å². The Kier molecular flexibility index (Phi) is 4.41. The molecule has 2 N–H and O–H groups in total. The summed E-state index contributed by atoms with van der Waals surface area (Å²) in [5.41, 5.74) is 0.251. The van der Waals surface area contributed by atoms with Crippen molar-refractivity contribution < 1.29 is 19.5 Å². The van der Waals surface area contributed by atoms with Gasteiger partial charge in [0.15, 0.2) is 0 Å². The SMILES string of the molecule is CC(NC(=O)C1=NN(C)C(=O)CC1)C(C)C(=O)O. The number of rotatable bonds is 4. The van der Waals surface area contributed by atoms with Crippen LogP contribution in [0.5, 0.6) is 0 Å². The quantitative estimate of drug-likeness (QED) is 0.727. The molecule has 7 nitrogen and oxygen atoms in total. The van der Waals surface area contributed by atoms with Gasteiger partial charge in [-0.3, -0.25) is 14.4 Å². The van der Waals surface area contributed by atoms with Crippen LogP contribution in [-0.2, 0) is 14.4 Å². The Hall–Kier alpha value is -1.92. The van der Waals surface area contributed by atoms with Crippen molar-refractivity contribution in [3.05, 3.63) is 0 Å². The summed E-state index contributed by atoms with van der Waals surface area (Å²) in [4.78, 5) is 33.8. The van der Waals surface area contributed by atoms with E-state index in [4.69, 9.17) is 5.11 Å². The molecule has 0 aliphatic carbocycles. The van der Waals surface area contributed by atoms with Crippen LogP contribution in [0.25, 0.3) is 0 Å². The van der Waals surface area contributed by atoms with E-state index >= 15 is 0 Å². The Bertz CT molecular complexity index is 405. The normalized spacial score (nSPS) is 18.9. The number of carboxylic acids is 1. The highest BCUT2D eigenvalue weighted by molar-refractivity contribution is 6.39. The van der Waals surface area contributed by atoms with E-state index in [0.717, 1.165) is 5.01 Å². The van der Waals surface area contributed by atoms with Gasteiger partial charge in [-0.25, -0.2) is 5.01 Å². The van der Waals surface area contributed by atoms with E-state index in [-0.39, 0.29) is 24.5 Å². The molecule has 7 heteroatoms. The third-order valence-electron chi connectivity index (χ3n) is 2.97. The lowest BCUT2D eigenvalue weighted by Crippen LogP contribution is -2.45. The molecular weight excluding hydrogens is 238 g/mol. The second-order valence-corrected chi connectivity index (χ2v) is 4.35. The molecule has 100 valence electrons. The summed E-state index contributed by atoms with van der Waals surface area (Å²) in [5.74, 6) is -2.22. The topological polar surface area (TPSA) is 99.1 Å². The molecule has 2 amide bonds. The molecule has 1 heterocycles. The molecule has 18 heavy (non-hydrogen) atoms. The first-order valence-corrected chi connectivity index (χ1v) is 5.70. The Balaban J connectivity index is 2.64. The molecule has 0 fully saturated rings. The van der Waals surface area contributed by atoms with E-state index in [0.29, 0.717) is 0 Å². The molecule has 1 rings (SSSR count). The number of amides is 2. The molecule has 0 radical (unpaired) electrons. The molecule has 0 aromatic rings. The van der Waals surface area contributed by atoms with Crippen molar-refractivity contribution >= 4 is 23.5 Å². The predicted octanol–water partition coefficient (Wildman–Crippen LogP) is -0.180. The van der Waals surface area contributed by atoms with Gasteiger partial charge >= 0.3 is 5.97 Å². The first-order valence-electron chi connectivity index (χ1n) is 5.70. The third-order valence-corrected chi connectivity index (χ3v) is 2.97. The first-order chi connectivity index (χ1) is 8.32. The van der Waals surface area contributed by atoms with Crippen LogP contribution in [0, 0.1) is 5.92 Å². The maximum absolute atomic E-state index is 11.8. The molecule has 0 spiro atoms. The monoisotopic (exact) mass is 255 g/mol. The number of hydrogen-bond acceptors (Lipinski definition) is 4. The van der Waals surface area contributed by atoms with Gasteiger partial charge in [0, 0.05) is 25.9 Å². The minimum atomic E-state index is -0.972. The van der Waals surface area contributed by atoms with Crippen molar-refractivity contribution in [3.63, 3.8) is 0 Å². The van der Waals surface area contributed by atoms with Crippen LogP contribution in [-0.4, -0.2) is 46.7 Å². The number of nitrogens with zero attached hydrogens (tertiary/aromatic N) is 2. The lowest BCUT2D eigenvalue weighted by molar-refractivity contribution is -0.142. The fourth-order valence-corrected chi connectivity index (χ4v) is 1.46. The van der Waals surface area contributed by atoms with Gasteiger partial charge in [-0.1, -0.05) is 0 Å². The second-order valence-electron chi connectivity index (χ2n) is 4.35. The maximum Gasteiger partial charge on any atom is 0.308 e. The van der Waals surface area contributed by atoms with Crippen molar-refractivity contribution in [1.29, 1.82) is 0 Å². The average molecular weight is 255 g/mol. The van der Waals surface area contributed by atoms with E-state index in [1.165, 1.54) is 14.0 Å². The second kappa shape index (κ2) is 5.61. The van der Waals surface area contributed by atoms with Crippen molar-refractivity contribution in [1.82, 2.24) is 10.3 Å². The molecule has 2 unspecified atom stereocenters. The van der Waals surface area contributed by atoms with E-state index in [1.54, 1.807) is 6.92 Å². The Morgan fingerprint density at radius 1 is 1.39 bits per heavy atom. The van der Waals surface area contributed by atoms with Gasteiger partial charge in [0.1, 0.15) is 5.71 Å². The molecule has 1 aliphatic rings. The van der Waals surface area contributed by atoms with Gasteiger partial charge < -0.3 is 10.4 Å². The van der Waals surface area contributed by atoms with Crippen LogP contribution in [0.1, 0.15) is 26.7 Å². The highest BCUT2D eigenvalue weighted by atomic mass is 16.4. The van der Waals surface area contributed by atoms with Crippen LogP contribution in [0.2, 0.25) is 0 Å². The first kappa shape index (κ1) is 14.1. The summed E-state index contributed by atoms with van der Waals surface area (Å²) >= 11 is 0. The van der Waals surface area contributed by atoms with Gasteiger partial charge in [0.25, 0.3) is 5.91 Å². The van der Waals surface area contributed by atoms with Crippen molar-refractivity contribution in [2.75, 3.05) is 7.05 Å². The summed E-state index contributed by atoms with van der Waals surface area (Å²) in [6.45, 7) is 3.14. The number of carbonyl (C=O) groups excluding carboxylic acids is 2. The fourth-order valence-electron chi connectivity index (χ4n) is 1.46. The van der Waals surface area contributed by atoms with Crippen LogP contribution >= 0.6 is 0 Å². The van der Waals surface area contributed by atoms with Gasteiger partial charge in [0.2, 0.25) is 5.91 Å². The molecule has 2 atom stereocenters. The molecule has 0 saturated heterocycles. The number of hydrogen-bond donors (Lipinski definition) is 2. The van der Waals surface area contributed by atoms with Crippen molar-refractivity contribution in [3.8, 4) is 0 Å². The fraction of sp³-hybridized carbons (Fsp3) is 0.636. The lowest BCUT2D eigenvalue weighted by Gasteiger charge is -2.22. The zero-order valence-electron chi connectivity index (χ0n) is 10.6. The number of carbonyl (C=O) groups is 3. The summed E-state index contributed by atoms with van der Waals surface area (Å²) in [6, 6.07) is -0.499. The van der Waals surface area contributed by atoms with Gasteiger partial charge in [-0.05, 0) is 13.8 Å². The molecular formula is C11H17N3O4. The molecule has 1 aliphatic heterocycles. The highest BCUT2D eigenvalue weighted by Gasteiger charge is 2.26. The molecule has 0 bridgehead atoms. The summed E-state index contributed by atoms with van der Waals surface area (Å²) < 4.78 is 0.